The molecule has 10 aliphatic carbocycles. The van der Waals surface area contributed by atoms with Crippen LogP contribution >= 0.6 is 0 Å². The molecule has 0 aliphatic heterocycles. The molecule has 20 aromatic rings. The summed E-state index contributed by atoms with van der Waals surface area (Å²) in [5.41, 5.74) is 16.2. The lowest BCUT2D eigenvalue weighted by atomic mass is 9.94. The first kappa shape index (κ1) is 85.1. The smallest absolute Gasteiger partial charge is 0.134 e. The van der Waals surface area contributed by atoms with Gasteiger partial charge >= 0.3 is 0 Å². The van der Waals surface area contributed by atoms with Crippen LogP contribution < -0.4 is 47.4 Å². The van der Waals surface area contributed by atoms with Gasteiger partial charge in [0.05, 0.1) is 99.3 Å². The van der Waals surface area contributed by atoms with Gasteiger partial charge in [0.15, 0.2) is 0 Å². The zero-order valence-corrected chi connectivity index (χ0v) is 75.3. The summed E-state index contributed by atoms with van der Waals surface area (Å²) in [6.07, 6.45) is 11.0. The van der Waals surface area contributed by atoms with E-state index in [1.54, 1.807) is 35.5 Å². The van der Waals surface area contributed by atoms with E-state index in [0.717, 1.165) is 137 Å². The van der Waals surface area contributed by atoms with Crippen LogP contribution in [-0.2, 0) is 97.9 Å². The van der Waals surface area contributed by atoms with Crippen molar-refractivity contribution in [3.8, 4) is 57.5 Å². The quantitative estimate of drug-likeness (QED) is 0.0406. The zero-order valence-electron chi connectivity index (χ0n) is 75.3. The molecule has 25 nitrogen and oxygen atoms in total. The maximum absolute atomic E-state index is 7.16. The Morgan fingerprint density at radius 1 is 0.193 bits per heavy atom. The Labute approximate surface area is 778 Å². The number of methoxy groups -OCH3 is 5. The van der Waals surface area contributed by atoms with Crippen LogP contribution in [0.15, 0.2) is 304 Å². The molecule has 15 aromatic carbocycles. The molecule has 0 unspecified atom stereocenters. The number of aromatic nitrogens is 15. The van der Waals surface area contributed by atoms with Gasteiger partial charge in [-0.25, -0.2) is 23.4 Å². The second-order valence-corrected chi connectivity index (χ2v) is 34.1. The Morgan fingerprint density at radius 3 is 0.533 bits per heavy atom. The van der Waals surface area contributed by atoms with Crippen LogP contribution in [0.2, 0.25) is 0 Å². The predicted octanol–water partition coefficient (Wildman–Crippen LogP) is 19.9. The standard InChI is InChI=1S/C110H95N15O10/c1-126-101-46-91-42-87-52-108(133-68-98-63-123(118-113-98)58-73-28-33-78-18-8-13-23-83(78)38-73)93(48-103(87)128-3)44-89-54-110(135-70-100-65-125(120-115-100)60-75-30-35-80-20-10-15-25-85(80)40-75)95(50-105(89)130-5)45-90-55-109(134-69-99-64-124(119-114-99)59-74-29-34-79-19-9-14-24-84(79)39-74)94(49-104(90)129-4)43-88-53-107(132-67-97-62-122(117-112-97)57-72-27-32-77-17-7-12-22-82(77)37-72)92(47-102(88)127-2)41-86(101)51-106(91)131-66-96-61-121(116-111-96)56-71-26-31-76-16-6-11-21-81(76)36-71/h6-40,46-55,61-65H,41-45,56-60,66-70H2,1-5H3. The molecule has 0 saturated carbocycles. The Bertz CT molecular complexity index is 6720. The molecule has 0 atom stereocenters. The van der Waals surface area contributed by atoms with Crippen LogP contribution in [-0.4, -0.2) is 111 Å². The van der Waals surface area contributed by atoms with Gasteiger partial charge < -0.3 is 47.4 Å². The highest BCUT2D eigenvalue weighted by atomic mass is 16.5. The number of hydrogen-bond acceptors (Lipinski definition) is 20. The summed E-state index contributed by atoms with van der Waals surface area (Å²) in [6, 6.07) is 94.2. The molecule has 0 saturated heterocycles. The molecule has 0 amide bonds. The van der Waals surface area contributed by atoms with Crippen molar-refractivity contribution >= 4 is 53.9 Å². The minimum absolute atomic E-state index is 0.0587. The van der Waals surface area contributed by atoms with Crippen LogP contribution in [0.4, 0.5) is 0 Å². The van der Waals surface area contributed by atoms with Crippen molar-refractivity contribution in [2.75, 3.05) is 35.5 Å². The fraction of sp³-hybridized carbons (Fsp3) is 0.182. The van der Waals surface area contributed by atoms with Crippen molar-refractivity contribution in [1.29, 1.82) is 0 Å². The van der Waals surface area contributed by atoms with Crippen molar-refractivity contribution in [2.24, 2.45) is 0 Å². The molecular weight excluding hydrogens is 1690 g/mol. The first-order valence-electron chi connectivity index (χ1n) is 44.9. The normalized spacial score (nSPS) is 12.0. The van der Waals surface area contributed by atoms with E-state index in [1.165, 1.54) is 0 Å². The van der Waals surface area contributed by atoms with Gasteiger partial charge in [0.1, 0.15) is 119 Å². The topological polar surface area (TPSA) is 246 Å². The van der Waals surface area contributed by atoms with Crippen LogP contribution in [0, 0.1) is 0 Å². The fourth-order valence-corrected chi connectivity index (χ4v) is 18.0. The van der Waals surface area contributed by atoms with E-state index >= 15 is 0 Å². The average Bonchev–Trinajstić information content (AvgIpc) is 1.76. The molecule has 0 spiro atoms. The molecule has 0 radical (unpaired) electrons. The van der Waals surface area contributed by atoms with E-state index in [-0.39, 0.29) is 65.1 Å². The van der Waals surface area contributed by atoms with E-state index in [9.17, 15) is 0 Å². The first-order valence-corrected chi connectivity index (χ1v) is 44.9. The number of nitrogens with zero attached hydrogens (tertiary/aromatic N) is 15. The number of fused-ring (bicyclic) bond motifs is 5. The summed E-state index contributed by atoms with van der Waals surface area (Å²) in [5, 5.41) is 58.1. The van der Waals surface area contributed by atoms with Crippen molar-refractivity contribution < 1.29 is 47.4 Å². The molecule has 670 valence electrons. The van der Waals surface area contributed by atoms with Gasteiger partial charge in [-0.05, 0) is 173 Å². The lowest BCUT2D eigenvalue weighted by Gasteiger charge is -2.21. The Hall–Kier alpha value is -16.7. The molecule has 10 aliphatic rings. The largest absolute Gasteiger partial charge is 0.496 e. The van der Waals surface area contributed by atoms with Crippen molar-refractivity contribution in [1.82, 2.24) is 75.0 Å². The van der Waals surface area contributed by atoms with Crippen molar-refractivity contribution in [3.05, 3.63) is 416 Å². The van der Waals surface area contributed by atoms with E-state index in [2.05, 4.69) is 178 Å². The Morgan fingerprint density at radius 2 is 0.356 bits per heavy atom. The van der Waals surface area contributed by atoms with Gasteiger partial charge in [-0.15, -0.1) is 25.5 Å². The van der Waals surface area contributed by atoms with Crippen molar-refractivity contribution in [2.45, 2.75) is 97.9 Å². The first-order chi connectivity index (χ1) is 66.4. The average molecular weight is 1790 g/mol. The van der Waals surface area contributed by atoms with Gasteiger partial charge in [0, 0.05) is 87.7 Å². The Balaban J connectivity index is 0.694. The van der Waals surface area contributed by atoms with E-state index in [0.29, 0.717) is 119 Å². The lowest BCUT2D eigenvalue weighted by Crippen LogP contribution is -2.07. The molecular formula is C110H95N15O10. The van der Waals surface area contributed by atoms with Crippen LogP contribution in [0.5, 0.6) is 57.5 Å². The van der Waals surface area contributed by atoms with Gasteiger partial charge in [-0.1, -0.05) is 208 Å². The SMILES string of the molecule is COc1cc2c(OCc3cn(Cc4ccc5ccccc5c4)nn3)cc1Cc1cc(OC)c(cc1OCc1cn(Cc3ccc4ccccc4c3)nn1)Cc1cc(OC)c(cc1OCc1cn(Cc3ccc4ccccc4c3)nn1)Cc1cc(OC)c(cc1OCc1cn(Cc3ccc4ccccc4c3)nn1)Cc1cc(OC)c(cc1OCc1cn(Cc3ccc4ccccc4c3)nn1)C2. The third kappa shape index (κ3) is 19.4. The van der Waals surface area contributed by atoms with Crippen LogP contribution in [0.3, 0.4) is 0 Å². The molecule has 30 rings (SSSR count). The highest BCUT2D eigenvalue weighted by Gasteiger charge is 2.27. The molecule has 135 heavy (non-hydrogen) atoms. The van der Waals surface area contributed by atoms with Gasteiger partial charge in [0.2, 0.25) is 0 Å². The van der Waals surface area contributed by atoms with Gasteiger partial charge in [-0.2, -0.15) is 0 Å². The van der Waals surface area contributed by atoms with Gasteiger partial charge in [0.25, 0.3) is 0 Å². The van der Waals surface area contributed by atoms with E-state index in [4.69, 9.17) is 72.9 Å². The molecule has 10 bridgehead atoms. The Kier molecular flexibility index (Phi) is 24.2. The minimum atomic E-state index is 0.0587. The van der Waals surface area contributed by atoms with E-state index < -0.39 is 0 Å². The molecule has 5 heterocycles. The third-order valence-corrected chi connectivity index (χ3v) is 24.8. The number of rotatable bonds is 30. The molecule has 5 aromatic heterocycles. The van der Waals surface area contributed by atoms with Gasteiger partial charge in [-0.3, -0.25) is 0 Å². The maximum Gasteiger partial charge on any atom is 0.134 e. The monoisotopic (exact) mass is 1790 g/mol. The lowest BCUT2D eigenvalue weighted by molar-refractivity contribution is 0.294. The fourth-order valence-electron chi connectivity index (χ4n) is 18.0. The summed E-state index contributed by atoms with van der Waals surface area (Å²) in [4.78, 5) is 0. The minimum Gasteiger partial charge on any atom is -0.496 e. The summed E-state index contributed by atoms with van der Waals surface area (Å²) in [7, 11) is 8.40. The molecule has 0 fully saturated rings. The van der Waals surface area contributed by atoms with Crippen molar-refractivity contribution in [3.63, 3.8) is 0 Å². The number of hydrogen-bond donors (Lipinski definition) is 0. The van der Waals surface area contributed by atoms with E-state index in [1.807, 2.05) is 176 Å². The molecule has 0 N–H and O–H groups in total. The van der Waals surface area contributed by atoms with Crippen LogP contribution in [0.1, 0.15) is 112 Å². The predicted molar refractivity (Wildman–Crippen MR) is 516 cm³/mol. The highest BCUT2D eigenvalue weighted by Crippen LogP contribution is 2.44. The molecule has 25 heteroatoms. The zero-order chi connectivity index (χ0) is 91.1. The third-order valence-electron chi connectivity index (χ3n) is 24.8. The number of ether oxygens (including phenoxy) is 10. The summed E-state index contributed by atoms with van der Waals surface area (Å²) >= 11 is 0. The number of benzene rings is 15. The maximum atomic E-state index is 7.16. The van der Waals surface area contributed by atoms with Crippen LogP contribution in [0.25, 0.3) is 53.9 Å². The second-order valence-electron chi connectivity index (χ2n) is 34.1. The summed E-state index contributed by atoms with van der Waals surface area (Å²) in [5.74, 6) is 5.64. The second kappa shape index (κ2) is 38.4. The highest BCUT2D eigenvalue weighted by molar-refractivity contribution is 5.86. The summed E-state index contributed by atoms with van der Waals surface area (Å²) < 4.78 is 77.8. The summed E-state index contributed by atoms with van der Waals surface area (Å²) in [6.45, 7) is 2.78.